The van der Waals surface area contributed by atoms with Crippen molar-refractivity contribution in [3.8, 4) is 0 Å². The van der Waals surface area contributed by atoms with Gasteiger partial charge in [0.2, 0.25) is 0 Å². The van der Waals surface area contributed by atoms with Gasteiger partial charge in [-0.05, 0) is 105 Å². The molecule has 1 saturated heterocycles. The molecule has 194 valence electrons. The second-order valence-electron chi connectivity index (χ2n) is 10.2. The highest BCUT2D eigenvalue weighted by molar-refractivity contribution is 5.95. The average Bonchev–Trinajstić information content (AvgIpc) is 3.75. The number of piperidine rings is 1. The molecule has 0 bridgehead atoms. The number of hydrogen-bond acceptors (Lipinski definition) is 7. The number of fused-ring (bicyclic) bond motifs is 1. The molecule has 38 heavy (non-hydrogen) atoms. The maximum Gasteiger partial charge on any atom is 0.335 e. The molecular formula is C29H30N6O3. The quantitative estimate of drug-likeness (QED) is 0.269. The molecule has 9 nitrogen and oxygen atoms in total. The van der Waals surface area contributed by atoms with E-state index in [0.29, 0.717) is 34.1 Å². The van der Waals surface area contributed by atoms with E-state index < -0.39 is 5.97 Å². The monoisotopic (exact) mass is 510 g/mol. The summed E-state index contributed by atoms with van der Waals surface area (Å²) < 4.78 is 0. The minimum Gasteiger partial charge on any atom is -0.478 e. The molecule has 4 N–H and O–H groups in total. The Balaban J connectivity index is 1.27. The summed E-state index contributed by atoms with van der Waals surface area (Å²) in [6.45, 7) is 4.50. The molecule has 3 aromatic heterocycles. The van der Waals surface area contributed by atoms with Gasteiger partial charge in [-0.2, -0.15) is 0 Å². The van der Waals surface area contributed by atoms with Crippen LogP contribution in [0.15, 0.2) is 59.7 Å². The molecule has 0 radical (unpaired) electrons. The number of benzene rings is 1. The van der Waals surface area contributed by atoms with E-state index in [1.807, 2.05) is 0 Å². The van der Waals surface area contributed by atoms with Gasteiger partial charge >= 0.3 is 5.97 Å². The molecule has 4 heterocycles. The molecular weight excluding hydrogens is 480 g/mol. The van der Waals surface area contributed by atoms with Gasteiger partial charge in [-0.1, -0.05) is 6.07 Å². The first kappa shape index (κ1) is 24.1. The van der Waals surface area contributed by atoms with Crippen molar-refractivity contribution in [2.24, 2.45) is 0 Å². The summed E-state index contributed by atoms with van der Waals surface area (Å²) in [6.07, 6.45) is 8.12. The minimum atomic E-state index is -1.04. The molecule has 4 aromatic rings. The lowest BCUT2D eigenvalue weighted by atomic mass is 9.86. The first-order valence-electron chi connectivity index (χ1n) is 13.0. The molecule has 0 atom stereocenters. The fraction of sp³-hybridized carbons (Fsp3) is 0.310. The van der Waals surface area contributed by atoms with Crippen LogP contribution in [0, 0.1) is 6.92 Å². The Morgan fingerprint density at radius 2 is 1.84 bits per heavy atom. The largest absolute Gasteiger partial charge is 0.478 e. The summed E-state index contributed by atoms with van der Waals surface area (Å²) >= 11 is 0. The summed E-state index contributed by atoms with van der Waals surface area (Å²) in [5.74, 6) is 0.730. The number of aromatic carboxylic acids is 1. The number of aromatic nitrogens is 3. The number of anilines is 4. The molecule has 2 aliphatic rings. The lowest BCUT2D eigenvalue weighted by molar-refractivity contribution is 0.0697. The van der Waals surface area contributed by atoms with E-state index in [2.05, 4.69) is 55.6 Å². The smallest absolute Gasteiger partial charge is 0.335 e. The van der Waals surface area contributed by atoms with E-state index in [4.69, 9.17) is 0 Å². The van der Waals surface area contributed by atoms with Crippen molar-refractivity contribution in [3.05, 3.63) is 81.9 Å². The minimum absolute atomic E-state index is 0.117. The number of rotatable bonds is 7. The standard InChI is InChI=1S/C29H30N6O3/c1-17-14-21(2-5-23(17)18-8-12-35(13-9-18)22-3-4-22)32-27-26-19(6-11-31-28(26)36)15-25(34-27)33-24-16-20(29(37)38)7-10-30-24/h2,5-7,10-11,14-16,18,22H,3-4,8-9,12-13H2,1H3,(H,31,36)(H,37,38)(H2,30,32,33,34). The van der Waals surface area contributed by atoms with Crippen LogP contribution in [0.3, 0.4) is 0 Å². The number of H-pyrrole nitrogens is 1. The van der Waals surface area contributed by atoms with Crippen molar-refractivity contribution >= 4 is 39.9 Å². The highest BCUT2D eigenvalue weighted by atomic mass is 16.4. The number of likely N-dealkylation sites (tertiary alicyclic amines) is 1. The average molecular weight is 511 g/mol. The van der Waals surface area contributed by atoms with Crippen molar-refractivity contribution in [1.82, 2.24) is 19.9 Å². The highest BCUT2D eigenvalue weighted by Gasteiger charge is 2.32. The number of carbonyl (C=O) groups is 1. The number of nitrogens with zero attached hydrogens (tertiary/aromatic N) is 3. The number of aromatic amines is 1. The topological polar surface area (TPSA) is 123 Å². The normalized spacial score (nSPS) is 16.4. The van der Waals surface area contributed by atoms with E-state index in [1.165, 1.54) is 68.2 Å². The SMILES string of the molecule is Cc1cc(Nc2nc(Nc3cc(C(=O)O)ccn3)cc3cc[nH]c(=O)c23)ccc1C1CCN(C2CC2)CC1. The number of aryl methyl sites for hydroxylation is 1. The van der Waals surface area contributed by atoms with E-state index in [0.717, 1.165) is 11.7 Å². The van der Waals surface area contributed by atoms with Crippen LogP contribution in [0.25, 0.3) is 10.8 Å². The lowest BCUT2D eigenvalue weighted by Gasteiger charge is -2.33. The number of carboxylic acid groups (broad SMARTS) is 1. The van der Waals surface area contributed by atoms with Crippen LogP contribution in [0.5, 0.6) is 0 Å². The number of carboxylic acids is 1. The second kappa shape index (κ2) is 9.90. The van der Waals surface area contributed by atoms with Crippen LogP contribution in [0.2, 0.25) is 0 Å². The van der Waals surface area contributed by atoms with E-state index in [1.54, 1.807) is 18.3 Å². The maximum absolute atomic E-state index is 12.7. The van der Waals surface area contributed by atoms with Gasteiger partial charge in [0, 0.05) is 24.1 Å². The van der Waals surface area contributed by atoms with Gasteiger partial charge in [-0.15, -0.1) is 0 Å². The summed E-state index contributed by atoms with van der Waals surface area (Å²) in [4.78, 5) is 38.3. The molecule has 2 fully saturated rings. The molecule has 9 heteroatoms. The Hall–Kier alpha value is -4.24. The van der Waals surface area contributed by atoms with Gasteiger partial charge in [-0.25, -0.2) is 14.8 Å². The third-order valence-electron chi connectivity index (χ3n) is 7.58. The molecule has 1 aliphatic heterocycles. The fourth-order valence-electron chi connectivity index (χ4n) is 5.50. The van der Waals surface area contributed by atoms with Crippen LogP contribution in [0.1, 0.15) is 53.1 Å². The van der Waals surface area contributed by atoms with Crippen LogP contribution >= 0.6 is 0 Å². The van der Waals surface area contributed by atoms with Crippen molar-refractivity contribution in [2.75, 3.05) is 23.7 Å². The second-order valence-corrected chi connectivity index (χ2v) is 10.2. The Labute approximate surface area is 220 Å². The summed E-state index contributed by atoms with van der Waals surface area (Å²) in [6, 6.07) is 13.6. The van der Waals surface area contributed by atoms with Gasteiger partial charge in [0.25, 0.3) is 5.56 Å². The first-order chi connectivity index (χ1) is 18.4. The number of hydrogen-bond donors (Lipinski definition) is 4. The summed E-state index contributed by atoms with van der Waals surface area (Å²) in [7, 11) is 0. The lowest BCUT2D eigenvalue weighted by Crippen LogP contribution is -2.34. The predicted octanol–water partition coefficient (Wildman–Crippen LogP) is 5.15. The van der Waals surface area contributed by atoms with E-state index in [9.17, 15) is 14.7 Å². The zero-order chi connectivity index (χ0) is 26.2. The third-order valence-corrected chi connectivity index (χ3v) is 7.58. The van der Waals surface area contributed by atoms with Crippen LogP contribution in [-0.2, 0) is 0 Å². The summed E-state index contributed by atoms with van der Waals surface area (Å²) in [5.41, 5.74) is 3.34. The van der Waals surface area contributed by atoms with E-state index in [-0.39, 0.29) is 11.1 Å². The molecule has 1 saturated carbocycles. The highest BCUT2D eigenvalue weighted by Crippen LogP contribution is 2.36. The molecule has 0 spiro atoms. The Kier molecular flexibility index (Phi) is 6.29. The van der Waals surface area contributed by atoms with Gasteiger partial charge in [-0.3, -0.25) is 4.79 Å². The van der Waals surface area contributed by atoms with Gasteiger partial charge in [0.1, 0.15) is 17.5 Å². The van der Waals surface area contributed by atoms with Gasteiger partial charge < -0.3 is 25.6 Å². The molecule has 0 unspecified atom stereocenters. The van der Waals surface area contributed by atoms with Crippen molar-refractivity contribution < 1.29 is 9.90 Å². The van der Waals surface area contributed by atoms with Crippen LogP contribution in [0.4, 0.5) is 23.1 Å². The summed E-state index contributed by atoms with van der Waals surface area (Å²) in [5, 5.41) is 16.9. The third kappa shape index (κ3) is 4.97. The zero-order valence-corrected chi connectivity index (χ0v) is 21.2. The van der Waals surface area contributed by atoms with Crippen LogP contribution < -0.4 is 16.2 Å². The Morgan fingerprint density at radius 3 is 2.58 bits per heavy atom. The molecule has 6 rings (SSSR count). The first-order valence-corrected chi connectivity index (χ1v) is 13.0. The van der Waals surface area contributed by atoms with Crippen molar-refractivity contribution in [2.45, 2.75) is 44.6 Å². The Bertz CT molecular complexity index is 1570. The van der Waals surface area contributed by atoms with Gasteiger partial charge in [0.15, 0.2) is 0 Å². The molecule has 1 aliphatic carbocycles. The van der Waals surface area contributed by atoms with Crippen LogP contribution in [-0.4, -0.2) is 50.1 Å². The van der Waals surface area contributed by atoms with Crippen molar-refractivity contribution in [1.29, 1.82) is 0 Å². The zero-order valence-electron chi connectivity index (χ0n) is 21.2. The van der Waals surface area contributed by atoms with E-state index >= 15 is 0 Å². The fourth-order valence-corrected chi connectivity index (χ4v) is 5.50. The molecule has 1 aromatic carbocycles. The predicted molar refractivity (Wildman–Crippen MR) is 148 cm³/mol. The number of nitrogens with one attached hydrogen (secondary N) is 3. The maximum atomic E-state index is 12.7. The number of pyridine rings is 3. The Morgan fingerprint density at radius 1 is 1.03 bits per heavy atom. The van der Waals surface area contributed by atoms with Crippen molar-refractivity contribution in [3.63, 3.8) is 0 Å². The van der Waals surface area contributed by atoms with Gasteiger partial charge in [0.05, 0.1) is 10.9 Å². The molecule has 0 amide bonds.